The minimum Gasteiger partial charge on any atom is -0.361 e. The number of para-hydroxylation sites is 1. The van der Waals surface area contributed by atoms with Crippen molar-refractivity contribution in [1.82, 2.24) is 30.8 Å². The van der Waals surface area contributed by atoms with Crippen molar-refractivity contribution in [3.05, 3.63) is 107 Å². The number of H-pyrrole nitrogens is 1. The Labute approximate surface area is 329 Å². The monoisotopic (exact) mass is 784 g/mol. The van der Waals surface area contributed by atoms with Crippen molar-refractivity contribution in [2.45, 2.75) is 71.7 Å². The Bertz CT molecular complexity index is 2110. The van der Waals surface area contributed by atoms with Gasteiger partial charge in [0, 0.05) is 59.6 Å². The maximum absolute atomic E-state index is 14.6. The Balaban J connectivity index is 1.47. The molecule has 1 aliphatic heterocycles. The van der Waals surface area contributed by atoms with Crippen LogP contribution < -0.4 is 27.4 Å². The lowest BCUT2D eigenvalue weighted by Crippen LogP contribution is -2.57. The maximum atomic E-state index is 14.6. The number of aromatic amines is 1. The fourth-order valence-corrected chi connectivity index (χ4v) is 8.22. The molecule has 11 nitrogen and oxygen atoms in total. The molecule has 1 aliphatic rings. The van der Waals surface area contributed by atoms with Gasteiger partial charge in [-0.2, -0.15) is 0 Å². The van der Waals surface area contributed by atoms with Crippen molar-refractivity contribution < 1.29 is 14.4 Å². The second-order valence-corrected chi connectivity index (χ2v) is 15.2. The molecule has 0 saturated heterocycles. The zero-order valence-electron chi connectivity index (χ0n) is 30.0. The number of benzene rings is 3. The number of thiol groups is 1. The molecule has 54 heavy (non-hydrogen) atoms. The number of nitrogens with two attached hydrogens (primary N) is 2. The summed E-state index contributed by atoms with van der Waals surface area (Å²) in [5.41, 5.74) is 17.1. The number of pyridine rings is 1. The predicted molar refractivity (Wildman–Crippen MR) is 217 cm³/mol. The van der Waals surface area contributed by atoms with Gasteiger partial charge in [-0.25, -0.2) is 4.98 Å². The Morgan fingerprint density at radius 2 is 1.72 bits per heavy atom. The molecule has 282 valence electrons. The van der Waals surface area contributed by atoms with Crippen molar-refractivity contribution in [2.75, 3.05) is 20.1 Å². The van der Waals surface area contributed by atoms with E-state index in [2.05, 4.69) is 33.6 Å². The van der Waals surface area contributed by atoms with Gasteiger partial charge in [-0.1, -0.05) is 65.8 Å². The highest BCUT2D eigenvalue weighted by Crippen LogP contribution is 2.41. The van der Waals surface area contributed by atoms with Crippen molar-refractivity contribution in [2.24, 2.45) is 11.5 Å². The number of nitrogens with zero attached hydrogens (tertiary/aromatic N) is 2. The van der Waals surface area contributed by atoms with Crippen LogP contribution in [0.5, 0.6) is 0 Å². The molecule has 0 fully saturated rings. The molecule has 3 amide bonds. The lowest BCUT2D eigenvalue weighted by molar-refractivity contribution is -0.142. The summed E-state index contributed by atoms with van der Waals surface area (Å²) in [4.78, 5) is 53.9. The molecule has 2 aromatic heterocycles. The number of hydrogen-bond acceptors (Lipinski definition) is 9. The van der Waals surface area contributed by atoms with E-state index in [9.17, 15) is 14.4 Å². The lowest BCUT2D eigenvalue weighted by atomic mass is 9.98. The van der Waals surface area contributed by atoms with E-state index >= 15 is 0 Å². The van der Waals surface area contributed by atoms with Crippen LogP contribution in [0.1, 0.15) is 36.0 Å². The summed E-state index contributed by atoms with van der Waals surface area (Å²) >= 11 is 12.9. The van der Waals surface area contributed by atoms with Gasteiger partial charge in [0.2, 0.25) is 17.7 Å². The van der Waals surface area contributed by atoms with Crippen LogP contribution in [-0.2, 0) is 33.9 Å². The molecule has 3 atom stereocenters. The van der Waals surface area contributed by atoms with Gasteiger partial charge in [0.25, 0.3) is 0 Å². The SMILES string of the molecule is CN1C(=O)[C@H](CCCN)NC(=O)[C@H](CCN)NCc2cccnc2Sc2c(Cl)ccc(-c3ccc(S)cc3)c2CNC(=O)[C@@H]1Cc1c[nH]c2ccccc12. The maximum Gasteiger partial charge on any atom is 0.245 e. The molecule has 6 rings (SSSR count). The van der Waals surface area contributed by atoms with Crippen LogP contribution >= 0.6 is 36.0 Å². The number of hydrogen-bond donors (Lipinski definition) is 7. The van der Waals surface area contributed by atoms with E-state index in [0.717, 1.165) is 48.5 Å². The molecule has 0 aliphatic carbocycles. The lowest BCUT2D eigenvalue weighted by Gasteiger charge is -2.32. The van der Waals surface area contributed by atoms with Crippen LogP contribution in [0.2, 0.25) is 5.02 Å². The van der Waals surface area contributed by atoms with Crippen molar-refractivity contribution in [3.8, 4) is 11.1 Å². The zero-order valence-corrected chi connectivity index (χ0v) is 32.4. The average Bonchev–Trinajstić information content (AvgIpc) is 3.59. The first-order valence-electron chi connectivity index (χ1n) is 17.9. The van der Waals surface area contributed by atoms with Crippen LogP contribution in [0.3, 0.4) is 0 Å². The highest BCUT2D eigenvalue weighted by atomic mass is 35.5. The smallest absolute Gasteiger partial charge is 0.245 e. The Morgan fingerprint density at radius 3 is 2.50 bits per heavy atom. The number of likely N-dealkylation sites (N-methyl/N-ethyl adjacent to an activating group) is 1. The van der Waals surface area contributed by atoms with E-state index < -0.39 is 24.0 Å². The quantitative estimate of drug-likeness (QED) is 0.107. The second kappa shape index (κ2) is 18.3. The van der Waals surface area contributed by atoms with E-state index in [1.165, 1.54) is 16.7 Å². The predicted octanol–water partition coefficient (Wildman–Crippen LogP) is 5.05. The van der Waals surface area contributed by atoms with E-state index in [-0.39, 0.29) is 31.3 Å². The number of amides is 3. The molecule has 0 radical (unpaired) electrons. The number of rotatable bonds is 8. The third-order valence-electron chi connectivity index (χ3n) is 9.71. The fourth-order valence-electron chi connectivity index (χ4n) is 6.73. The Hall–Kier alpha value is -4.37. The van der Waals surface area contributed by atoms with Gasteiger partial charge in [0.1, 0.15) is 17.1 Å². The largest absolute Gasteiger partial charge is 0.361 e. The molecule has 0 unspecified atom stereocenters. The first-order valence-corrected chi connectivity index (χ1v) is 19.6. The molecule has 3 heterocycles. The second-order valence-electron chi connectivity index (χ2n) is 13.3. The van der Waals surface area contributed by atoms with E-state index in [1.807, 2.05) is 79.0 Å². The Kier molecular flexibility index (Phi) is 13.3. The van der Waals surface area contributed by atoms with Crippen LogP contribution in [0, 0.1) is 0 Å². The Morgan fingerprint density at radius 1 is 0.926 bits per heavy atom. The molecule has 0 bridgehead atoms. The highest BCUT2D eigenvalue weighted by Gasteiger charge is 2.34. The van der Waals surface area contributed by atoms with E-state index in [4.69, 9.17) is 28.1 Å². The fraction of sp³-hybridized carbons (Fsp3) is 0.300. The summed E-state index contributed by atoms with van der Waals surface area (Å²) in [6.45, 7) is 0.983. The molecule has 3 aromatic carbocycles. The third kappa shape index (κ3) is 9.11. The first kappa shape index (κ1) is 39.3. The molecule has 14 heteroatoms. The number of carbonyl (C=O) groups is 3. The molecular formula is C40H45ClN8O3S2. The average molecular weight is 785 g/mol. The first-order chi connectivity index (χ1) is 26.2. The van der Waals surface area contributed by atoms with Crippen molar-refractivity contribution in [3.63, 3.8) is 0 Å². The topological polar surface area (TPSA) is 171 Å². The van der Waals surface area contributed by atoms with E-state index in [1.54, 1.807) is 13.2 Å². The summed E-state index contributed by atoms with van der Waals surface area (Å²) in [6, 6.07) is 20.6. The molecule has 8 N–H and O–H groups in total. The number of fused-ring (bicyclic) bond motifs is 3. The van der Waals surface area contributed by atoms with Gasteiger partial charge in [0.05, 0.1) is 11.1 Å². The standard InChI is InChI=1S/C40H45ClN8O3S2/c1-49-35(20-26-22-45-32-8-3-2-7-29(26)32)38(51)47-23-30-28(24-10-12-27(53)13-11-24)14-15-31(41)36(30)54-39-25(6-5-19-44-39)21-46-33(16-18-43)37(50)48-34(40(49)52)9-4-17-42/h2-3,5-8,10-15,19,22,33-35,45-46,53H,4,9,16-18,20-21,23,42-43H2,1H3,(H,47,51)(H,48,50)/t33-,34-,35-/m0/s1. The van der Waals surface area contributed by atoms with Crippen LogP contribution in [-0.4, -0.2) is 70.9 Å². The number of carbonyl (C=O) groups excluding carboxylic acids is 3. The van der Waals surface area contributed by atoms with Gasteiger partial charge < -0.3 is 37.3 Å². The summed E-state index contributed by atoms with van der Waals surface area (Å²) < 4.78 is 0. The molecular weight excluding hydrogens is 740 g/mol. The van der Waals surface area contributed by atoms with Gasteiger partial charge in [-0.15, -0.1) is 12.6 Å². The third-order valence-corrected chi connectivity index (χ3v) is 11.7. The van der Waals surface area contributed by atoms with Crippen molar-refractivity contribution >= 4 is 64.6 Å². The van der Waals surface area contributed by atoms with Gasteiger partial charge in [0.15, 0.2) is 0 Å². The van der Waals surface area contributed by atoms with Gasteiger partial charge in [-0.05, 0) is 90.5 Å². The van der Waals surface area contributed by atoms with E-state index in [0.29, 0.717) is 42.4 Å². The summed E-state index contributed by atoms with van der Waals surface area (Å²) in [7, 11) is 1.61. The van der Waals surface area contributed by atoms with Gasteiger partial charge in [-0.3, -0.25) is 14.4 Å². The number of aromatic nitrogens is 2. The minimum absolute atomic E-state index is 0.110. The normalized spacial score (nSPS) is 18.8. The molecule has 0 spiro atoms. The summed E-state index contributed by atoms with van der Waals surface area (Å²) in [5.74, 6) is -1.12. The van der Waals surface area contributed by atoms with Crippen LogP contribution in [0.15, 0.2) is 100 Å². The molecule has 0 saturated carbocycles. The van der Waals surface area contributed by atoms with Crippen molar-refractivity contribution in [1.29, 1.82) is 0 Å². The zero-order chi connectivity index (χ0) is 38.2. The summed E-state index contributed by atoms with van der Waals surface area (Å²) in [5, 5.41) is 11.6. The number of halogens is 1. The van der Waals surface area contributed by atoms with Crippen LogP contribution in [0.25, 0.3) is 22.0 Å². The summed E-state index contributed by atoms with van der Waals surface area (Å²) in [6.07, 6.45) is 4.92. The van der Waals surface area contributed by atoms with Gasteiger partial charge >= 0.3 is 0 Å². The molecule has 5 aromatic rings. The number of nitrogens with one attached hydrogen (secondary N) is 4. The minimum atomic E-state index is -0.938. The van der Waals surface area contributed by atoms with Crippen LogP contribution in [0.4, 0.5) is 0 Å². The highest BCUT2D eigenvalue weighted by molar-refractivity contribution is 7.99.